The average Bonchev–Trinajstić information content (AvgIpc) is 3.20. The van der Waals surface area contributed by atoms with Gasteiger partial charge in [-0.05, 0) is 25.7 Å². The van der Waals surface area contributed by atoms with Gasteiger partial charge in [-0.3, -0.25) is 9.79 Å². The van der Waals surface area contributed by atoms with Crippen molar-refractivity contribution in [3.8, 4) is 0 Å². The van der Waals surface area contributed by atoms with Gasteiger partial charge < -0.3 is 19.7 Å². The minimum atomic E-state index is -0.109. The fraction of sp³-hybridized carbons (Fsp3) is 0.882. The van der Waals surface area contributed by atoms with Gasteiger partial charge in [-0.15, -0.1) is 0 Å². The number of likely N-dealkylation sites (tertiary alicyclic amines) is 1. The maximum Gasteiger partial charge on any atom is 0.305 e. The van der Waals surface area contributed by atoms with Gasteiger partial charge in [0.25, 0.3) is 0 Å². The van der Waals surface area contributed by atoms with Crippen LogP contribution in [0.2, 0.25) is 0 Å². The normalized spacial score (nSPS) is 24.4. The van der Waals surface area contributed by atoms with Crippen LogP contribution in [0.4, 0.5) is 0 Å². The van der Waals surface area contributed by atoms with Gasteiger partial charge in [0.2, 0.25) is 0 Å². The zero-order valence-electron chi connectivity index (χ0n) is 14.6. The van der Waals surface area contributed by atoms with Crippen molar-refractivity contribution in [2.45, 2.75) is 44.9 Å². The Balaban J connectivity index is 1.58. The van der Waals surface area contributed by atoms with Crippen molar-refractivity contribution < 1.29 is 14.3 Å². The molecule has 132 valence electrons. The smallest absolute Gasteiger partial charge is 0.305 e. The number of nitrogens with one attached hydrogen (secondary N) is 1. The Hall–Kier alpha value is -1.30. The highest BCUT2D eigenvalue weighted by atomic mass is 16.5. The van der Waals surface area contributed by atoms with Crippen LogP contribution in [-0.2, 0) is 14.3 Å². The van der Waals surface area contributed by atoms with Gasteiger partial charge >= 0.3 is 5.97 Å². The molecule has 0 bridgehead atoms. The lowest BCUT2D eigenvalue weighted by Crippen LogP contribution is -2.41. The third kappa shape index (κ3) is 5.37. The van der Waals surface area contributed by atoms with E-state index in [1.54, 1.807) is 0 Å². The molecule has 0 aliphatic carbocycles. The van der Waals surface area contributed by atoms with Crippen molar-refractivity contribution in [3.05, 3.63) is 0 Å². The molecule has 2 saturated heterocycles. The summed E-state index contributed by atoms with van der Waals surface area (Å²) in [7, 11) is 3.30. The van der Waals surface area contributed by atoms with Crippen LogP contribution in [0.3, 0.4) is 0 Å². The first-order valence-corrected chi connectivity index (χ1v) is 8.79. The lowest BCUT2D eigenvalue weighted by atomic mass is 9.87. The molecule has 1 atom stereocenters. The highest BCUT2D eigenvalue weighted by molar-refractivity contribution is 5.80. The van der Waals surface area contributed by atoms with Crippen LogP contribution >= 0.6 is 0 Å². The fourth-order valence-corrected chi connectivity index (χ4v) is 3.47. The summed E-state index contributed by atoms with van der Waals surface area (Å²) in [4.78, 5) is 17.8. The van der Waals surface area contributed by atoms with Crippen LogP contribution in [0, 0.1) is 5.41 Å². The molecule has 1 N–H and O–H groups in total. The Morgan fingerprint density at radius 3 is 2.83 bits per heavy atom. The number of carbonyl (C=O) groups excluding carboxylic acids is 1. The first-order valence-electron chi connectivity index (χ1n) is 8.79. The number of hydrogen-bond acceptors (Lipinski definition) is 4. The van der Waals surface area contributed by atoms with Crippen LogP contribution < -0.4 is 5.32 Å². The maximum absolute atomic E-state index is 11.0. The highest BCUT2D eigenvalue weighted by Gasteiger charge is 2.42. The van der Waals surface area contributed by atoms with E-state index in [2.05, 4.69) is 19.9 Å². The Morgan fingerprint density at radius 2 is 2.13 bits per heavy atom. The molecular formula is C17H31N3O3. The Kier molecular flexibility index (Phi) is 7.15. The van der Waals surface area contributed by atoms with E-state index in [4.69, 9.17) is 4.74 Å². The van der Waals surface area contributed by atoms with Crippen LogP contribution in [0.25, 0.3) is 0 Å². The summed E-state index contributed by atoms with van der Waals surface area (Å²) in [6.07, 6.45) is 7.13. The molecule has 0 saturated carbocycles. The molecule has 0 radical (unpaired) electrons. The van der Waals surface area contributed by atoms with Crippen LogP contribution in [0.15, 0.2) is 4.99 Å². The largest absolute Gasteiger partial charge is 0.469 e. The summed E-state index contributed by atoms with van der Waals surface area (Å²) in [5, 5.41) is 3.47. The van der Waals surface area contributed by atoms with Crippen molar-refractivity contribution in [2.24, 2.45) is 10.4 Å². The number of aliphatic imine (C=N–C) groups is 1. The molecule has 6 heteroatoms. The molecule has 2 aliphatic heterocycles. The molecule has 2 aliphatic rings. The standard InChI is InChI=1S/C17H31N3O3/c1-18-16(19-10-6-4-3-5-7-15(21)22-2)20-11-8-17(13-20)9-12-23-14-17/h3-14H2,1-2H3,(H,18,19). The minimum Gasteiger partial charge on any atom is -0.469 e. The molecule has 0 aromatic rings. The zero-order chi connectivity index (χ0) is 16.5. The number of methoxy groups -OCH3 is 1. The third-order valence-corrected chi connectivity index (χ3v) is 4.95. The maximum atomic E-state index is 11.0. The number of hydrogen-bond donors (Lipinski definition) is 1. The van der Waals surface area contributed by atoms with E-state index in [1.807, 2.05) is 7.05 Å². The van der Waals surface area contributed by atoms with E-state index >= 15 is 0 Å². The van der Waals surface area contributed by atoms with Crippen molar-refractivity contribution >= 4 is 11.9 Å². The van der Waals surface area contributed by atoms with Gasteiger partial charge in [0.1, 0.15) is 0 Å². The summed E-state index contributed by atoms with van der Waals surface area (Å²) in [5.41, 5.74) is 0.367. The van der Waals surface area contributed by atoms with Gasteiger partial charge in [0.05, 0.1) is 13.7 Å². The van der Waals surface area contributed by atoms with E-state index < -0.39 is 0 Å². The van der Waals surface area contributed by atoms with Crippen molar-refractivity contribution in [2.75, 3.05) is 47.0 Å². The zero-order valence-corrected chi connectivity index (χ0v) is 14.6. The molecule has 2 rings (SSSR count). The molecular weight excluding hydrogens is 294 g/mol. The van der Waals surface area contributed by atoms with Crippen molar-refractivity contribution in [1.29, 1.82) is 0 Å². The second kappa shape index (κ2) is 9.11. The van der Waals surface area contributed by atoms with E-state index in [-0.39, 0.29) is 5.97 Å². The van der Waals surface area contributed by atoms with Gasteiger partial charge in [0, 0.05) is 45.1 Å². The summed E-state index contributed by atoms with van der Waals surface area (Å²) in [5.74, 6) is 0.908. The minimum absolute atomic E-state index is 0.109. The third-order valence-electron chi connectivity index (χ3n) is 4.95. The number of ether oxygens (including phenoxy) is 2. The summed E-state index contributed by atoms with van der Waals surface area (Å²) in [6, 6.07) is 0. The number of carbonyl (C=O) groups is 1. The Labute approximate surface area is 139 Å². The molecule has 2 heterocycles. The Bertz CT molecular complexity index is 406. The second-order valence-electron chi connectivity index (χ2n) is 6.69. The molecule has 0 aromatic heterocycles. The molecule has 1 unspecified atom stereocenters. The molecule has 2 fully saturated rings. The van der Waals surface area contributed by atoms with Crippen LogP contribution in [0.1, 0.15) is 44.9 Å². The summed E-state index contributed by atoms with van der Waals surface area (Å²) < 4.78 is 10.2. The predicted molar refractivity (Wildman–Crippen MR) is 90.5 cm³/mol. The van der Waals surface area contributed by atoms with Crippen molar-refractivity contribution in [1.82, 2.24) is 10.2 Å². The lowest BCUT2D eigenvalue weighted by Gasteiger charge is -2.24. The van der Waals surface area contributed by atoms with E-state index in [0.29, 0.717) is 11.8 Å². The quantitative estimate of drug-likeness (QED) is 0.335. The monoisotopic (exact) mass is 325 g/mol. The number of rotatable bonds is 7. The number of esters is 1. The molecule has 1 spiro atoms. The van der Waals surface area contributed by atoms with E-state index in [0.717, 1.165) is 64.5 Å². The number of guanidine groups is 1. The van der Waals surface area contributed by atoms with Gasteiger partial charge in [-0.1, -0.05) is 12.8 Å². The van der Waals surface area contributed by atoms with Gasteiger partial charge in [-0.2, -0.15) is 0 Å². The lowest BCUT2D eigenvalue weighted by molar-refractivity contribution is -0.140. The number of nitrogens with zero attached hydrogens (tertiary/aromatic N) is 2. The Morgan fingerprint density at radius 1 is 1.30 bits per heavy atom. The van der Waals surface area contributed by atoms with Crippen LogP contribution in [-0.4, -0.2) is 63.8 Å². The van der Waals surface area contributed by atoms with Gasteiger partial charge in [-0.25, -0.2) is 0 Å². The second-order valence-corrected chi connectivity index (χ2v) is 6.69. The van der Waals surface area contributed by atoms with E-state index in [1.165, 1.54) is 20.0 Å². The SMILES string of the molecule is CN=C(NCCCCCCC(=O)OC)N1CCC2(CCOC2)C1. The topological polar surface area (TPSA) is 63.2 Å². The highest BCUT2D eigenvalue weighted by Crippen LogP contribution is 2.38. The molecule has 23 heavy (non-hydrogen) atoms. The first kappa shape index (κ1) is 18.0. The summed E-state index contributed by atoms with van der Waals surface area (Å²) >= 11 is 0. The van der Waals surface area contributed by atoms with E-state index in [9.17, 15) is 4.79 Å². The van der Waals surface area contributed by atoms with Crippen molar-refractivity contribution in [3.63, 3.8) is 0 Å². The average molecular weight is 325 g/mol. The van der Waals surface area contributed by atoms with Gasteiger partial charge in [0.15, 0.2) is 5.96 Å². The summed E-state index contributed by atoms with van der Waals surface area (Å²) in [6.45, 7) is 4.88. The predicted octanol–water partition coefficient (Wildman–Crippen LogP) is 1.80. The number of unbranched alkanes of at least 4 members (excludes halogenated alkanes) is 3. The molecule has 0 aromatic carbocycles. The molecule has 6 nitrogen and oxygen atoms in total. The first-order chi connectivity index (χ1) is 11.2. The van der Waals surface area contributed by atoms with Crippen LogP contribution in [0.5, 0.6) is 0 Å². The molecule has 0 amide bonds. The fourth-order valence-electron chi connectivity index (χ4n) is 3.47.